The fraction of sp³-hybridized carbons (Fsp3) is 0.192. The zero-order valence-corrected chi connectivity index (χ0v) is 20.3. The molecule has 0 bridgehead atoms. The van der Waals surface area contributed by atoms with Gasteiger partial charge >= 0.3 is 0 Å². The first kappa shape index (κ1) is 23.0. The molecule has 2 heterocycles. The summed E-state index contributed by atoms with van der Waals surface area (Å²) in [5.74, 6) is 0.126. The summed E-state index contributed by atoms with van der Waals surface area (Å²) in [4.78, 5) is 27.5. The second-order valence-corrected chi connectivity index (χ2v) is 10.2. The van der Waals surface area contributed by atoms with Crippen LogP contribution in [0.25, 0.3) is 5.69 Å². The maximum atomic E-state index is 12.9. The van der Waals surface area contributed by atoms with Gasteiger partial charge < -0.3 is 5.32 Å². The van der Waals surface area contributed by atoms with E-state index in [0.29, 0.717) is 11.3 Å². The van der Waals surface area contributed by atoms with Gasteiger partial charge in [-0.3, -0.25) is 9.59 Å². The smallest absolute Gasteiger partial charge is 0.271 e. The Hall–Kier alpha value is -3.16. The highest BCUT2D eigenvalue weighted by Crippen LogP contribution is 2.27. The molecule has 0 fully saturated rings. The summed E-state index contributed by atoms with van der Waals surface area (Å²) in [6.07, 6.45) is 0. The molecule has 1 N–H and O–H groups in total. The van der Waals surface area contributed by atoms with Crippen LogP contribution in [0.1, 0.15) is 40.7 Å². The van der Waals surface area contributed by atoms with Crippen LogP contribution in [0.5, 0.6) is 0 Å². The summed E-state index contributed by atoms with van der Waals surface area (Å²) in [6, 6.07) is 22.3. The number of hydrogen-bond acceptors (Lipinski definition) is 5. The summed E-state index contributed by atoms with van der Waals surface area (Å²) in [7, 11) is 0. The van der Waals surface area contributed by atoms with Crippen LogP contribution in [0.4, 0.5) is 0 Å². The third kappa shape index (κ3) is 5.61. The number of nitrogens with one attached hydrogen (secondary N) is 1. The van der Waals surface area contributed by atoms with Crippen LogP contribution >= 0.6 is 23.1 Å². The number of aromatic nitrogens is 2. The first-order chi connectivity index (χ1) is 15.9. The molecule has 1 atom stereocenters. The maximum Gasteiger partial charge on any atom is 0.271 e. The largest absolute Gasteiger partial charge is 0.344 e. The van der Waals surface area contributed by atoms with Crippen LogP contribution in [0.3, 0.4) is 0 Å². The molecule has 4 aromatic rings. The molecule has 5 nitrogen and oxygen atoms in total. The predicted molar refractivity (Wildman–Crippen MR) is 135 cm³/mol. The average Bonchev–Trinajstić information content (AvgIpc) is 3.34. The molecule has 0 saturated carbocycles. The van der Waals surface area contributed by atoms with Gasteiger partial charge in [0.2, 0.25) is 0 Å². The zero-order valence-electron chi connectivity index (χ0n) is 18.7. The van der Waals surface area contributed by atoms with E-state index in [2.05, 4.69) is 24.3 Å². The lowest BCUT2D eigenvalue weighted by Gasteiger charge is -2.21. The highest BCUT2D eigenvalue weighted by molar-refractivity contribution is 7.99. The molecule has 33 heavy (non-hydrogen) atoms. The van der Waals surface area contributed by atoms with Crippen molar-refractivity contribution in [2.24, 2.45) is 5.92 Å². The summed E-state index contributed by atoms with van der Waals surface area (Å²) >= 11 is 3.13. The Morgan fingerprint density at radius 3 is 2.36 bits per heavy atom. The van der Waals surface area contributed by atoms with Crippen LogP contribution in [0.15, 0.2) is 92.9 Å². The third-order valence-electron chi connectivity index (χ3n) is 5.20. The number of amides is 1. The molecule has 0 radical (unpaired) electrons. The molecule has 0 aliphatic carbocycles. The lowest BCUT2D eigenvalue weighted by Crippen LogP contribution is -2.31. The molecule has 0 spiro atoms. The summed E-state index contributed by atoms with van der Waals surface area (Å²) in [6.45, 7) is 6.23. The molecule has 0 aliphatic heterocycles. The predicted octanol–water partition coefficient (Wildman–Crippen LogP) is 5.88. The zero-order chi connectivity index (χ0) is 23.4. The van der Waals surface area contributed by atoms with E-state index in [1.54, 1.807) is 41.7 Å². The standard InChI is InChI=1S/C26H25N3O2S2/c1-17(2)25(22-5-4-16-32-22)27-26(31)19-8-10-20(11-9-19)29-24(30)15-14-23(28-29)33-21-12-6-18(3)7-13-21/h4-17,25H,1-3H3,(H,27,31). The van der Waals surface area contributed by atoms with Gasteiger partial charge in [0.1, 0.15) is 5.03 Å². The monoisotopic (exact) mass is 475 g/mol. The Labute approximate surface area is 201 Å². The van der Waals surface area contributed by atoms with E-state index in [1.165, 1.54) is 28.1 Å². The minimum absolute atomic E-state index is 0.0445. The van der Waals surface area contributed by atoms with Crippen molar-refractivity contribution in [3.05, 3.63) is 105 Å². The minimum Gasteiger partial charge on any atom is -0.344 e. The molecular weight excluding hydrogens is 450 g/mol. The Kier molecular flexibility index (Phi) is 7.11. The lowest BCUT2D eigenvalue weighted by atomic mass is 10.0. The fourth-order valence-corrected chi connectivity index (χ4v) is 5.10. The van der Waals surface area contributed by atoms with Crippen LogP contribution in [0.2, 0.25) is 0 Å². The maximum absolute atomic E-state index is 12.9. The molecule has 0 saturated heterocycles. The first-order valence-electron chi connectivity index (χ1n) is 10.7. The number of rotatable bonds is 7. The molecule has 2 aromatic carbocycles. The van der Waals surface area contributed by atoms with Gasteiger partial charge in [0.15, 0.2) is 0 Å². The van der Waals surface area contributed by atoms with Crippen molar-refractivity contribution in [2.45, 2.75) is 36.7 Å². The number of aryl methyl sites for hydroxylation is 1. The van der Waals surface area contributed by atoms with Gasteiger partial charge in [0.25, 0.3) is 11.5 Å². The number of nitrogens with zero attached hydrogens (tertiary/aromatic N) is 2. The summed E-state index contributed by atoms with van der Waals surface area (Å²) in [5.41, 5.74) is 2.12. The number of hydrogen-bond donors (Lipinski definition) is 1. The number of benzene rings is 2. The highest BCUT2D eigenvalue weighted by atomic mass is 32.2. The van der Waals surface area contributed by atoms with Gasteiger partial charge in [-0.15, -0.1) is 11.3 Å². The second-order valence-electron chi connectivity index (χ2n) is 8.09. The average molecular weight is 476 g/mol. The molecule has 2 aromatic heterocycles. The van der Waals surface area contributed by atoms with Crippen molar-refractivity contribution in [3.8, 4) is 5.69 Å². The normalized spacial score (nSPS) is 12.0. The van der Waals surface area contributed by atoms with Gasteiger partial charge in [-0.05, 0) is 66.8 Å². The number of thiophene rings is 1. The Balaban J connectivity index is 1.52. The van der Waals surface area contributed by atoms with E-state index in [9.17, 15) is 9.59 Å². The Morgan fingerprint density at radius 2 is 1.73 bits per heavy atom. The van der Waals surface area contributed by atoms with Crippen molar-refractivity contribution < 1.29 is 4.79 Å². The van der Waals surface area contributed by atoms with E-state index >= 15 is 0 Å². The van der Waals surface area contributed by atoms with Crippen LogP contribution in [-0.2, 0) is 0 Å². The quantitative estimate of drug-likeness (QED) is 0.362. The van der Waals surface area contributed by atoms with Crippen molar-refractivity contribution in [1.82, 2.24) is 15.1 Å². The van der Waals surface area contributed by atoms with Gasteiger partial charge in [0, 0.05) is 21.4 Å². The van der Waals surface area contributed by atoms with Crippen LogP contribution < -0.4 is 10.9 Å². The second kappa shape index (κ2) is 10.2. The SMILES string of the molecule is Cc1ccc(Sc2ccc(=O)n(-c3ccc(C(=O)NC(c4cccs4)C(C)C)cc3)n2)cc1. The molecule has 7 heteroatoms. The van der Waals surface area contributed by atoms with Gasteiger partial charge in [0.05, 0.1) is 11.7 Å². The van der Waals surface area contributed by atoms with Crippen molar-refractivity contribution in [1.29, 1.82) is 0 Å². The van der Waals surface area contributed by atoms with Gasteiger partial charge in [-0.2, -0.15) is 9.78 Å². The van der Waals surface area contributed by atoms with Gasteiger partial charge in [-0.1, -0.05) is 49.4 Å². The summed E-state index contributed by atoms with van der Waals surface area (Å²) in [5, 5.41) is 10.4. The summed E-state index contributed by atoms with van der Waals surface area (Å²) < 4.78 is 1.36. The van der Waals surface area contributed by atoms with Crippen LogP contribution in [0, 0.1) is 12.8 Å². The number of carbonyl (C=O) groups excluding carboxylic acids is 1. The van der Waals surface area contributed by atoms with Gasteiger partial charge in [-0.25, -0.2) is 0 Å². The van der Waals surface area contributed by atoms with E-state index in [-0.39, 0.29) is 23.4 Å². The van der Waals surface area contributed by atoms with Crippen molar-refractivity contribution >= 4 is 29.0 Å². The van der Waals surface area contributed by atoms with E-state index in [0.717, 1.165) is 14.8 Å². The van der Waals surface area contributed by atoms with E-state index < -0.39 is 0 Å². The highest BCUT2D eigenvalue weighted by Gasteiger charge is 2.20. The fourth-order valence-electron chi connectivity index (χ4n) is 3.37. The first-order valence-corrected chi connectivity index (χ1v) is 12.4. The molecule has 1 unspecified atom stereocenters. The number of carbonyl (C=O) groups is 1. The molecule has 4 rings (SSSR count). The third-order valence-corrected chi connectivity index (χ3v) is 7.09. The molecule has 0 aliphatic rings. The van der Waals surface area contributed by atoms with Crippen molar-refractivity contribution in [3.63, 3.8) is 0 Å². The Bertz CT molecular complexity index is 1280. The molecule has 1 amide bonds. The van der Waals surface area contributed by atoms with E-state index in [1.807, 2.05) is 48.7 Å². The van der Waals surface area contributed by atoms with E-state index in [4.69, 9.17) is 0 Å². The minimum atomic E-state index is -0.224. The molecular formula is C26H25N3O2S2. The molecule has 168 valence electrons. The van der Waals surface area contributed by atoms with Crippen molar-refractivity contribution in [2.75, 3.05) is 0 Å². The topological polar surface area (TPSA) is 64.0 Å². The lowest BCUT2D eigenvalue weighted by molar-refractivity contribution is 0.0926. The van der Waals surface area contributed by atoms with Crippen LogP contribution in [-0.4, -0.2) is 15.7 Å². The Morgan fingerprint density at radius 1 is 1.00 bits per heavy atom.